The number of benzene rings is 1. The number of aliphatic hydroxyl groups is 1. The van der Waals surface area contributed by atoms with Gasteiger partial charge in [0.15, 0.2) is 11.5 Å². The molecule has 0 radical (unpaired) electrons. The van der Waals surface area contributed by atoms with E-state index in [1.165, 1.54) is 0 Å². The number of aliphatic hydroxyl groups excluding tert-OH is 1. The zero-order chi connectivity index (χ0) is 26.6. The van der Waals surface area contributed by atoms with Crippen molar-refractivity contribution in [1.29, 1.82) is 0 Å². The molecule has 1 fully saturated rings. The van der Waals surface area contributed by atoms with E-state index in [9.17, 15) is 5.11 Å². The molecule has 1 saturated carbocycles. The lowest BCUT2D eigenvalue weighted by atomic mass is 9.93. The molecule has 4 aromatic rings. The summed E-state index contributed by atoms with van der Waals surface area (Å²) in [6.07, 6.45) is 8.55. The summed E-state index contributed by atoms with van der Waals surface area (Å²) in [6.45, 7) is 0.991. The van der Waals surface area contributed by atoms with Crippen LogP contribution in [-0.4, -0.2) is 65.6 Å². The van der Waals surface area contributed by atoms with Crippen LogP contribution in [0.1, 0.15) is 25.7 Å². The number of pyridine rings is 3. The minimum absolute atomic E-state index is 0.168. The van der Waals surface area contributed by atoms with Gasteiger partial charge in [-0.3, -0.25) is 9.97 Å². The maximum absolute atomic E-state index is 9.67. The maximum Gasteiger partial charge on any atom is 0.162 e. The summed E-state index contributed by atoms with van der Waals surface area (Å²) in [5, 5.41) is 15.7. The first-order chi connectivity index (χ1) is 18.4. The van der Waals surface area contributed by atoms with Crippen LogP contribution in [0.25, 0.3) is 32.9 Å². The summed E-state index contributed by atoms with van der Waals surface area (Å²) in [4.78, 5) is 13.5. The number of methoxy groups -OCH3 is 2. The van der Waals surface area contributed by atoms with Gasteiger partial charge in [0.25, 0.3) is 0 Å². The van der Waals surface area contributed by atoms with Crippen molar-refractivity contribution in [2.45, 2.75) is 43.9 Å². The Morgan fingerprint density at radius 1 is 0.974 bits per heavy atom. The molecule has 1 aliphatic rings. The molecule has 1 aromatic carbocycles. The third-order valence-electron chi connectivity index (χ3n) is 7.05. The van der Waals surface area contributed by atoms with Gasteiger partial charge in [0, 0.05) is 47.4 Å². The second-order valence-corrected chi connectivity index (χ2v) is 9.73. The average molecular weight is 519 g/mol. The quantitative estimate of drug-likeness (QED) is 0.243. The zero-order valence-corrected chi connectivity index (χ0v) is 21.7. The first-order valence-electron chi connectivity index (χ1n) is 12.8. The summed E-state index contributed by atoms with van der Waals surface area (Å²) in [7, 11) is 3.20. The summed E-state index contributed by atoms with van der Waals surface area (Å²) >= 11 is 0. The van der Waals surface area contributed by atoms with Crippen LogP contribution in [0.2, 0.25) is 0 Å². The number of anilines is 1. The number of nitrogens with zero attached hydrogens (tertiary/aromatic N) is 3. The highest BCUT2D eigenvalue weighted by atomic mass is 16.5. The van der Waals surface area contributed by atoms with E-state index in [2.05, 4.69) is 20.3 Å². The molecular weight excluding hydrogens is 484 g/mol. The van der Waals surface area contributed by atoms with Crippen molar-refractivity contribution >= 4 is 27.5 Å². The van der Waals surface area contributed by atoms with Crippen LogP contribution in [0.3, 0.4) is 0 Å². The summed E-state index contributed by atoms with van der Waals surface area (Å²) < 4.78 is 16.9. The average Bonchev–Trinajstić information content (AvgIpc) is 2.95. The van der Waals surface area contributed by atoms with E-state index in [0.717, 1.165) is 52.9 Å². The molecule has 1 aliphatic carbocycles. The SMILES string of the molecule is COc1cc2ncc3c(N)nc(-c4cncc(OC[C@@H](N)CNC5CCC(O)CC5)c4)cc3c2cc1OC. The van der Waals surface area contributed by atoms with Gasteiger partial charge in [-0.2, -0.15) is 0 Å². The minimum atomic E-state index is -0.175. The standard InChI is InChI=1S/C28H34N6O4/c1-36-26-9-22-21-8-24(34-28(30)23(21)14-33-25(22)10-27(26)37-2)16-7-20(13-31-11-16)38-15-17(29)12-32-18-3-5-19(35)6-4-18/h7-11,13-14,17-19,32,35H,3-6,12,15,29H2,1-2H3,(H2,30,34)/t17-,18?,19?/m0/s1. The van der Waals surface area contributed by atoms with E-state index in [-0.39, 0.29) is 12.1 Å². The minimum Gasteiger partial charge on any atom is -0.493 e. The van der Waals surface area contributed by atoms with E-state index in [1.54, 1.807) is 32.8 Å². The molecule has 5 rings (SSSR count). The van der Waals surface area contributed by atoms with Crippen molar-refractivity contribution in [2.75, 3.05) is 33.1 Å². The smallest absolute Gasteiger partial charge is 0.162 e. The van der Waals surface area contributed by atoms with Crippen molar-refractivity contribution in [3.63, 3.8) is 0 Å². The molecule has 1 atom stereocenters. The Labute approximate surface area is 221 Å². The molecular formula is C28H34N6O4. The van der Waals surface area contributed by atoms with Crippen LogP contribution in [0.5, 0.6) is 17.2 Å². The Hall–Kier alpha value is -3.73. The molecule has 10 heteroatoms. The predicted molar refractivity (Wildman–Crippen MR) is 148 cm³/mol. The van der Waals surface area contributed by atoms with Crippen molar-refractivity contribution in [2.24, 2.45) is 5.73 Å². The highest BCUT2D eigenvalue weighted by molar-refractivity contribution is 6.10. The summed E-state index contributed by atoms with van der Waals surface area (Å²) in [6, 6.07) is 7.82. The highest BCUT2D eigenvalue weighted by Gasteiger charge is 2.19. The largest absolute Gasteiger partial charge is 0.493 e. The topological polar surface area (TPSA) is 151 Å². The molecule has 200 valence electrons. The summed E-state index contributed by atoms with van der Waals surface area (Å²) in [5.74, 6) is 2.19. The second kappa shape index (κ2) is 11.3. The van der Waals surface area contributed by atoms with Crippen molar-refractivity contribution < 1.29 is 19.3 Å². The lowest BCUT2D eigenvalue weighted by Gasteiger charge is -2.27. The lowest BCUT2D eigenvalue weighted by molar-refractivity contribution is 0.116. The first kappa shape index (κ1) is 25.9. The Kier molecular flexibility index (Phi) is 7.73. The lowest BCUT2D eigenvalue weighted by Crippen LogP contribution is -2.44. The van der Waals surface area contributed by atoms with Crippen molar-refractivity contribution in [3.8, 4) is 28.5 Å². The number of nitrogens with one attached hydrogen (secondary N) is 1. The number of hydrogen-bond donors (Lipinski definition) is 4. The van der Waals surface area contributed by atoms with Gasteiger partial charge >= 0.3 is 0 Å². The number of rotatable bonds is 9. The molecule has 0 saturated heterocycles. The molecule has 10 nitrogen and oxygen atoms in total. The van der Waals surface area contributed by atoms with Gasteiger partial charge in [0.05, 0.1) is 43.8 Å². The van der Waals surface area contributed by atoms with Crippen molar-refractivity contribution in [3.05, 3.63) is 42.9 Å². The normalized spacial score (nSPS) is 18.4. The number of hydrogen-bond acceptors (Lipinski definition) is 10. The van der Waals surface area contributed by atoms with Crippen LogP contribution < -0.4 is 31.0 Å². The van der Waals surface area contributed by atoms with Gasteiger partial charge in [0.2, 0.25) is 0 Å². The molecule has 38 heavy (non-hydrogen) atoms. The van der Waals surface area contributed by atoms with E-state index >= 15 is 0 Å². The Morgan fingerprint density at radius 2 is 1.74 bits per heavy atom. The molecule has 0 aliphatic heterocycles. The zero-order valence-electron chi connectivity index (χ0n) is 21.7. The number of fused-ring (bicyclic) bond motifs is 3. The van der Waals surface area contributed by atoms with Gasteiger partial charge in [0.1, 0.15) is 18.2 Å². The maximum atomic E-state index is 9.67. The Bertz CT molecular complexity index is 1420. The molecule has 6 N–H and O–H groups in total. The van der Waals surface area contributed by atoms with E-state index < -0.39 is 0 Å². The van der Waals surface area contributed by atoms with Gasteiger partial charge in [-0.1, -0.05) is 0 Å². The number of ether oxygens (including phenoxy) is 3. The first-order valence-corrected chi connectivity index (χ1v) is 12.8. The molecule has 3 aromatic heterocycles. The third kappa shape index (κ3) is 5.57. The van der Waals surface area contributed by atoms with Crippen LogP contribution >= 0.6 is 0 Å². The van der Waals surface area contributed by atoms with E-state index in [1.807, 2.05) is 24.3 Å². The van der Waals surface area contributed by atoms with Crippen molar-refractivity contribution in [1.82, 2.24) is 20.3 Å². The van der Waals surface area contributed by atoms with E-state index in [4.69, 9.17) is 25.7 Å². The number of aromatic nitrogens is 3. The summed E-state index contributed by atoms with van der Waals surface area (Å²) in [5.41, 5.74) is 14.8. The monoisotopic (exact) mass is 518 g/mol. The number of nitrogen functional groups attached to an aromatic ring is 1. The molecule has 3 heterocycles. The predicted octanol–water partition coefficient (Wildman–Crippen LogP) is 3.04. The van der Waals surface area contributed by atoms with Gasteiger partial charge in [-0.05, 0) is 49.3 Å². The van der Waals surface area contributed by atoms with Crippen LogP contribution in [0.15, 0.2) is 42.9 Å². The molecule has 0 spiro atoms. The Balaban J connectivity index is 1.34. The fourth-order valence-electron chi connectivity index (χ4n) is 4.90. The van der Waals surface area contributed by atoms with Crippen LogP contribution in [-0.2, 0) is 0 Å². The second-order valence-electron chi connectivity index (χ2n) is 9.73. The molecule has 0 bridgehead atoms. The fourth-order valence-corrected chi connectivity index (χ4v) is 4.90. The number of nitrogens with two attached hydrogens (primary N) is 2. The van der Waals surface area contributed by atoms with Crippen LogP contribution in [0, 0.1) is 0 Å². The van der Waals surface area contributed by atoms with E-state index in [0.29, 0.717) is 48.0 Å². The van der Waals surface area contributed by atoms with Gasteiger partial charge in [-0.15, -0.1) is 0 Å². The molecule has 0 unspecified atom stereocenters. The molecule has 0 amide bonds. The van der Waals surface area contributed by atoms with Gasteiger partial charge in [-0.25, -0.2) is 4.98 Å². The third-order valence-corrected chi connectivity index (χ3v) is 7.05. The fraction of sp³-hybridized carbons (Fsp3) is 0.393. The highest BCUT2D eigenvalue weighted by Crippen LogP contribution is 2.37. The van der Waals surface area contributed by atoms with Crippen LogP contribution in [0.4, 0.5) is 5.82 Å². The Morgan fingerprint density at radius 3 is 2.50 bits per heavy atom. The van der Waals surface area contributed by atoms with Gasteiger partial charge < -0.3 is 36.1 Å².